The number of hydrogen-bond acceptors (Lipinski definition) is 5. The fraction of sp³-hybridized carbons (Fsp3) is 0.200. The Morgan fingerprint density at radius 3 is 2.41 bits per heavy atom. The zero-order chi connectivity index (χ0) is 15.9. The van der Waals surface area contributed by atoms with Gasteiger partial charge in [-0.2, -0.15) is 4.31 Å². The topological polar surface area (TPSA) is 76.6 Å². The molecule has 0 aliphatic heterocycles. The summed E-state index contributed by atoms with van der Waals surface area (Å²) >= 11 is 0. The lowest BCUT2D eigenvalue weighted by atomic mass is 10.2. The maximum atomic E-state index is 11.4. The highest BCUT2D eigenvalue weighted by molar-refractivity contribution is 7.69. The third kappa shape index (κ3) is 4.37. The zero-order valence-corrected chi connectivity index (χ0v) is 12.9. The van der Waals surface area contributed by atoms with Gasteiger partial charge in [-0.3, -0.25) is 4.98 Å². The fourth-order valence-corrected chi connectivity index (χ4v) is 2.45. The van der Waals surface area contributed by atoms with Crippen LogP contribution in [0.15, 0.2) is 48.7 Å². The number of benzene rings is 1. The Morgan fingerprint density at radius 2 is 1.86 bits per heavy atom. The van der Waals surface area contributed by atoms with Crippen LogP contribution in [0.5, 0.6) is 0 Å². The summed E-state index contributed by atoms with van der Waals surface area (Å²) in [5, 5.41) is 0. The van der Waals surface area contributed by atoms with Crippen LogP contribution in [0.4, 0.5) is 0 Å². The molecule has 0 saturated carbocycles. The molecule has 1 aromatic carbocycles. The van der Waals surface area contributed by atoms with E-state index in [0.29, 0.717) is 11.3 Å². The van der Waals surface area contributed by atoms with Crippen molar-refractivity contribution < 1.29 is 17.9 Å². The van der Waals surface area contributed by atoms with Gasteiger partial charge < -0.3 is 4.74 Å². The van der Waals surface area contributed by atoms with E-state index in [4.69, 9.17) is 0 Å². The molecular formula is C15H16N2O4S. The smallest absolute Gasteiger partial charge is 0.339 e. The second kappa shape index (κ2) is 7.67. The average molecular weight is 320 g/mol. The van der Waals surface area contributed by atoms with Crippen molar-refractivity contribution >= 4 is 16.9 Å². The summed E-state index contributed by atoms with van der Waals surface area (Å²) in [6.45, 7) is 0.426. The van der Waals surface area contributed by atoms with E-state index in [1.807, 2.05) is 30.3 Å². The maximum Gasteiger partial charge on any atom is 0.339 e. The van der Waals surface area contributed by atoms with Gasteiger partial charge in [0.2, 0.25) is 10.9 Å². The number of carbonyl (C=O) groups is 1. The van der Waals surface area contributed by atoms with Gasteiger partial charge in [0, 0.05) is 12.7 Å². The van der Waals surface area contributed by atoms with Gasteiger partial charge in [0.25, 0.3) is 0 Å². The summed E-state index contributed by atoms with van der Waals surface area (Å²) in [6.07, 6.45) is 1.37. The highest BCUT2D eigenvalue weighted by Gasteiger charge is 2.11. The molecule has 2 rings (SSSR count). The molecule has 0 radical (unpaired) electrons. The first kappa shape index (κ1) is 16.1. The van der Waals surface area contributed by atoms with Crippen LogP contribution in [0.3, 0.4) is 0 Å². The van der Waals surface area contributed by atoms with E-state index >= 15 is 0 Å². The van der Waals surface area contributed by atoms with Gasteiger partial charge in [-0.05, 0) is 17.7 Å². The molecule has 0 aliphatic rings. The Balaban J connectivity index is 2.09. The summed E-state index contributed by atoms with van der Waals surface area (Å²) in [5.41, 5.74) is 1.78. The molecule has 0 aliphatic carbocycles. The Hall–Kier alpha value is -2.25. The first-order chi connectivity index (χ1) is 10.6. The third-order valence-electron chi connectivity index (χ3n) is 3.03. The molecule has 0 saturated heterocycles. The van der Waals surface area contributed by atoms with E-state index in [-0.39, 0.29) is 13.1 Å². The van der Waals surface area contributed by atoms with Gasteiger partial charge in [0.1, 0.15) is 0 Å². The molecule has 0 amide bonds. The van der Waals surface area contributed by atoms with Crippen LogP contribution in [0.1, 0.15) is 21.6 Å². The van der Waals surface area contributed by atoms with Crippen molar-refractivity contribution in [2.24, 2.45) is 0 Å². The predicted octanol–water partition coefficient (Wildman–Crippen LogP) is 1.40. The van der Waals surface area contributed by atoms with Crippen molar-refractivity contribution in [3.8, 4) is 0 Å². The summed E-state index contributed by atoms with van der Waals surface area (Å²) < 4.78 is 28.7. The molecule has 7 heteroatoms. The van der Waals surface area contributed by atoms with Crippen molar-refractivity contribution in [1.82, 2.24) is 9.29 Å². The molecule has 6 nitrogen and oxygen atoms in total. The van der Waals surface area contributed by atoms with Crippen molar-refractivity contribution in [2.45, 2.75) is 13.1 Å². The number of pyridine rings is 1. The molecule has 1 aromatic heterocycles. The minimum absolute atomic E-state index is 0.148. The maximum absolute atomic E-state index is 11.4. The lowest BCUT2D eigenvalue weighted by molar-refractivity contribution is 0.0600. The Kier molecular flexibility index (Phi) is 5.62. The number of aromatic nitrogens is 1. The van der Waals surface area contributed by atoms with Crippen LogP contribution in [0, 0.1) is 0 Å². The number of methoxy groups -OCH3 is 1. The molecule has 116 valence electrons. The summed E-state index contributed by atoms with van der Waals surface area (Å²) in [5.74, 6) is -0.477. The largest absolute Gasteiger partial charge is 0.465 e. The minimum atomic E-state index is -2.73. The molecule has 0 bridgehead atoms. The molecule has 0 fully saturated rings. The van der Waals surface area contributed by atoms with Crippen LogP contribution in [-0.2, 0) is 28.7 Å². The summed E-state index contributed by atoms with van der Waals surface area (Å²) in [7, 11) is -1.44. The highest BCUT2D eigenvalue weighted by Crippen LogP contribution is 2.09. The summed E-state index contributed by atoms with van der Waals surface area (Å²) in [4.78, 5) is 15.4. The predicted molar refractivity (Wildman–Crippen MR) is 81.6 cm³/mol. The van der Waals surface area contributed by atoms with Gasteiger partial charge in [0.05, 0.1) is 24.9 Å². The van der Waals surface area contributed by atoms with Crippen LogP contribution in [0.25, 0.3) is 0 Å². The molecule has 0 spiro atoms. The van der Waals surface area contributed by atoms with Crippen molar-refractivity contribution in [2.75, 3.05) is 7.11 Å². The molecular weight excluding hydrogens is 304 g/mol. The van der Waals surface area contributed by atoms with Crippen molar-refractivity contribution in [3.05, 3.63) is 65.5 Å². The molecule has 0 N–H and O–H groups in total. The fourth-order valence-electron chi connectivity index (χ4n) is 1.91. The number of rotatable bonds is 6. The van der Waals surface area contributed by atoms with E-state index in [2.05, 4.69) is 9.72 Å². The zero-order valence-electron chi connectivity index (χ0n) is 12.0. The van der Waals surface area contributed by atoms with Gasteiger partial charge in [-0.1, -0.05) is 30.3 Å². The Labute approximate surface area is 130 Å². The standard InChI is InChI=1S/C15H16N2O4S/c1-21-15(18)13-7-8-14(16-9-13)11-17(22(19)20)10-12-5-3-2-4-6-12/h2-9,22H,10-11H2,1H3. The van der Waals surface area contributed by atoms with Gasteiger partial charge in [-0.25, -0.2) is 13.2 Å². The summed E-state index contributed by atoms with van der Waals surface area (Å²) in [6, 6.07) is 12.5. The van der Waals surface area contributed by atoms with E-state index in [1.54, 1.807) is 12.1 Å². The second-order valence-corrected chi connectivity index (χ2v) is 5.62. The SMILES string of the molecule is COC(=O)c1ccc(CN(Cc2ccccc2)[SH](=O)=O)nc1. The molecule has 0 atom stereocenters. The van der Waals surface area contributed by atoms with Crippen LogP contribution < -0.4 is 0 Å². The van der Waals surface area contributed by atoms with Gasteiger partial charge in [0.15, 0.2) is 0 Å². The minimum Gasteiger partial charge on any atom is -0.465 e. The number of nitrogens with zero attached hydrogens (tertiary/aromatic N) is 2. The van der Waals surface area contributed by atoms with Crippen LogP contribution in [-0.4, -0.2) is 30.8 Å². The average Bonchev–Trinajstić information content (AvgIpc) is 2.55. The number of ether oxygens (including phenoxy) is 1. The number of carbonyl (C=O) groups excluding carboxylic acids is 1. The van der Waals surface area contributed by atoms with Crippen LogP contribution >= 0.6 is 0 Å². The lowest BCUT2D eigenvalue weighted by Gasteiger charge is -2.15. The number of hydrogen-bond donors (Lipinski definition) is 1. The van der Waals surface area contributed by atoms with E-state index < -0.39 is 16.9 Å². The lowest BCUT2D eigenvalue weighted by Crippen LogP contribution is -2.21. The highest BCUT2D eigenvalue weighted by atomic mass is 32.2. The third-order valence-corrected chi connectivity index (χ3v) is 3.77. The number of esters is 1. The van der Waals surface area contributed by atoms with E-state index in [1.165, 1.54) is 17.6 Å². The van der Waals surface area contributed by atoms with Gasteiger partial charge in [-0.15, -0.1) is 0 Å². The Bertz CT molecular complexity index is 691. The van der Waals surface area contributed by atoms with E-state index in [0.717, 1.165) is 5.56 Å². The van der Waals surface area contributed by atoms with Crippen LogP contribution in [0.2, 0.25) is 0 Å². The normalized spacial score (nSPS) is 10.9. The molecule has 1 heterocycles. The first-order valence-corrected chi connectivity index (χ1v) is 7.69. The van der Waals surface area contributed by atoms with E-state index in [9.17, 15) is 13.2 Å². The first-order valence-electron chi connectivity index (χ1n) is 6.56. The molecule has 22 heavy (non-hydrogen) atoms. The molecule has 2 aromatic rings. The van der Waals surface area contributed by atoms with Crippen molar-refractivity contribution in [1.29, 1.82) is 0 Å². The monoisotopic (exact) mass is 320 g/mol. The number of thiol groups is 1. The van der Waals surface area contributed by atoms with Gasteiger partial charge >= 0.3 is 5.97 Å². The van der Waals surface area contributed by atoms with Crippen molar-refractivity contribution in [3.63, 3.8) is 0 Å². The second-order valence-electron chi connectivity index (χ2n) is 4.58. The Morgan fingerprint density at radius 1 is 1.14 bits per heavy atom. The quantitative estimate of drug-likeness (QED) is 0.643. The molecule has 0 unspecified atom stereocenters.